The van der Waals surface area contributed by atoms with E-state index in [1.165, 1.54) is 83.1 Å². The van der Waals surface area contributed by atoms with Gasteiger partial charge in [-0.3, -0.25) is 4.18 Å². The molecule has 2 N–H and O–H groups in total. The first kappa shape index (κ1) is 32.7. The fourth-order valence-corrected chi connectivity index (χ4v) is 5.20. The molecule has 0 saturated heterocycles. The second-order valence-electron chi connectivity index (χ2n) is 9.03. The van der Waals surface area contributed by atoms with E-state index in [4.69, 9.17) is 4.18 Å². The van der Waals surface area contributed by atoms with Crippen LogP contribution in [0.1, 0.15) is 129 Å². The molecule has 33 heavy (non-hydrogen) atoms. The van der Waals surface area contributed by atoms with Crippen molar-refractivity contribution in [1.82, 2.24) is 0 Å². The summed E-state index contributed by atoms with van der Waals surface area (Å²) in [6, 6.07) is 2.45. The van der Waals surface area contributed by atoms with Gasteiger partial charge in [-0.15, -0.1) is 0 Å². The van der Waals surface area contributed by atoms with Crippen molar-refractivity contribution in [2.75, 3.05) is 6.61 Å². The van der Waals surface area contributed by atoms with E-state index in [1.54, 1.807) is 6.92 Å². The van der Waals surface area contributed by atoms with Crippen molar-refractivity contribution in [2.45, 2.75) is 128 Å². The number of aromatic hydroxyl groups is 2. The van der Waals surface area contributed by atoms with Crippen LogP contribution in [-0.2, 0) is 14.3 Å². The van der Waals surface area contributed by atoms with Crippen molar-refractivity contribution in [1.29, 1.82) is 0 Å². The summed E-state index contributed by atoms with van der Waals surface area (Å²) in [5, 5.41) is 20.5. The number of hydrogen-bond acceptors (Lipinski definition) is 5. The quantitative estimate of drug-likeness (QED) is 0.0923. The summed E-state index contributed by atoms with van der Waals surface area (Å²) in [5.74, 6) is -0.444. The summed E-state index contributed by atoms with van der Waals surface area (Å²) in [5.41, 5.74) is 0.577. The van der Waals surface area contributed by atoms with Crippen LogP contribution in [0.4, 0.5) is 0 Å². The number of benzene rings is 1. The van der Waals surface area contributed by atoms with Crippen molar-refractivity contribution < 1.29 is 22.8 Å². The van der Waals surface area contributed by atoms with Gasteiger partial charge in [-0.2, -0.15) is 8.42 Å². The van der Waals surface area contributed by atoms with E-state index in [9.17, 15) is 18.6 Å². The third-order valence-corrected chi connectivity index (χ3v) is 7.58. The van der Waals surface area contributed by atoms with Crippen molar-refractivity contribution in [3.8, 4) is 11.5 Å². The number of rotatable bonds is 19. The van der Waals surface area contributed by atoms with Gasteiger partial charge in [-0.1, -0.05) is 104 Å². The molecular weight excluding hydrogens is 447 g/mol. The average Bonchev–Trinajstić information content (AvgIpc) is 2.75. The van der Waals surface area contributed by atoms with E-state index in [0.29, 0.717) is 5.56 Å². The first-order chi connectivity index (χ1) is 15.3. The van der Waals surface area contributed by atoms with Gasteiger partial charge >= 0.3 is 39.7 Å². The number of hydrogen-bond donors (Lipinski definition) is 2. The summed E-state index contributed by atoms with van der Waals surface area (Å²) in [4.78, 5) is -0.385. The Morgan fingerprint density at radius 3 is 1.67 bits per heavy atom. The second-order valence-corrected chi connectivity index (χ2v) is 10.6. The molecule has 1 unspecified atom stereocenters. The summed E-state index contributed by atoms with van der Waals surface area (Å²) in [6.45, 7) is 5.78. The van der Waals surface area contributed by atoms with Crippen LogP contribution in [0.3, 0.4) is 0 Å². The zero-order valence-corrected chi connectivity index (χ0v) is 21.4. The van der Waals surface area contributed by atoms with Crippen LogP contribution in [0.15, 0.2) is 17.0 Å². The molecule has 188 valence electrons. The zero-order valence-electron chi connectivity index (χ0n) is 20.6. The minimum absolute atomic E-state index is 0. The molecule has 5 nitrogen and oxygen atoms in total. The summed E-state index contributed by atoms with van der Waals surface area (Å²) in [6.07, 6.45) is 19.3. The van der Waals surface area contributed by atoms with Crippen molar-refractivity contribution in [2.24, 2.45) is 0 Å². The van der Waals surface area contributed by atoms with E-state index in [0.717, 1.165) is 25.3 Å². The molecule has 0 radical (unpaired) electrons. The summed E-state index contributed by atoms with van der Waals surface area (Å²) >= 11 is 0. The SMILES string of the molecule is CCCCCCCCCCCCCCCCC(C)c1cc(O)c(S(=O)(=O)OCC)cc1O.[NaH]. The van der Waals surface area contributed by atoms with Gasteiger partial charge in [-0.25, -0.2) is 0 Å². The molecule has 0 spiro atoms. The van der Waals surface area contributed by atoms with Gasteiger partial charge in [-0.05, 0) is 25.3 Å². The van der Waals surface area contributed by atoms with Gasteiger partial charge in [0.2, 0.25) is 0 Å². The Morgan fingerprint density at radius 2 is 1.21 bits per heavy atom. The molecule has 1 atom stereocenters. The molecule has 0 aromatic heterocycles. The van der Waals surface area contributed by atoms with Gasteiger partial charge in [0.25, 0.3) is 0 Å². The van der Waals surface area contributed by atoms with Crippen molar-refractivity contribution in [3.63, 3.8) is 0 Å². The maximum absolute atomic E-state index is 12.0. The third-order valence-electron chi connectivity index (χ3n) is 6.17. The average molecular weight is 495 g/mol. The number of unbranched alkanes of at least 4 members (excludes halogenated alkanes) is 13. The van der Waals surface area contributed by atoms with Crippen molar-refractivity contribution in [3.05, 3.63) is 17.7 Å². The van der Waals surface area contributed by atoms with Gasteiger partial charge in [0.15, 0.2) is 0 Å². The molecule has 0 bridgehead atoms. The molecule has 1 rings (SSSR count). The summed E-state index contributed by atoms with van der Waals surface area (Å²) < 4.78 is 28.7. The fraction of sp³-hybridized carbons (Fsp3) is 0.769. The van der Waals surface area contributed by atoms with Crippen LogP contribution in [-0.4, -0.2) is 54.8 Å². The Morgan fingerprint density at radius 1 is 0.758 bits per heavy atom. The molecule has 0 aliphatic rings. The van der Waals surface area contributed by atoms with Crippen molar-refractivity contribution >= 4 is 39.7 Å². The Bertz CT molecular complexity index is 736. The second kappa shape index (κ2) is 19.0. The van der Waals surface area contributed by atoms with E-state index in [-0.39, 0.29) is 58.5 Å². The molecule has 0 fully saturated rings. The fourth-order valence-electron chi connectivity index (χ4n) is 4.19. The molecular formula is C26H47NaO5S. The third kappa shape index (κ3) is 13.4. The zero-order chi connectivity index (χ0) is 23.8. The predicted octanol–water partition coefficient (Wildman–Crippen LogP) is 7.15. The molecule has 1 aromatic carbocycles. The molecule has 0 heterocycles. The molecule has 0 aliphatic heterocycles. The van der Waals surface area contributed by atoms with E-state index >= 15 is 0 Å². The van der Waals surface area contributed by atoms with Gasteiger partial charge in [0.1, 0.15) is 16.4 Å². The molecule has 0 amide bonds. The van der Waals surface area contributed by atoms with Gasteiger partial charge in [0.05, 0.1) is 6.61 Å². The standard InChI is InChI=1S/C26H46O5S.Na.H/c1-4-6-7-8-9-10-11-12-13-14-15-16-17-18-19-22(3)23-20-25(28)26(21-24(23)27)32(29,30)31-5-2;;/h20-22,27-28H,4-19H2,1-3H3;;. The van der Waals surface area contributed by atoms with Gasteiger partial charge in [0, 0.05) is 11.6 Å². The normalized spacial score (nSPS) is 12.5. The topological polar surface area (TPSA) is 83.8 Å². The van der Waals surface area contributed by atoms with Crippen LogP contribution in [0.25, 0.3) is 0 Å². The first-order valence-electron chi connectivity index (χ1n) is 12.8. The Hall–Kier alpha value is -0.270. The monoisotopic (exact) mass is 494 g/mol. The molecule has 0 aliphatic carbocycles. The van der Waals surface area contributed by atoms with Crippen LogP contribution < -0.4 is 0 Å². The van der Waals surface area contributed by atoms with Crippen LogP contribution in [0.2, 0.25) is 0 Å². The first-order valence-corrected chi connectivity index (χ1v) is 14.2. The van der Waals surface area contributed by atoms with Crippen LogP contribution >= 0.6 is 0 Å². The minimum atomic E-state index is -4.06. The predicted molar refractivity (Wildman–Crippen MR) is 139 cm³/mol. The van der Waals surface area contributed by atoms with E-state index < -0.39 is 10.1 Å². The summed E-state index contributed by atoms with van der Waals surface area (Å²) in [7, 11) is -4.06. The molecule has 1 aromatic rings. The van der Waals surface area contributed by atoms with E-state index in [2.05, 4.69) is 6.92 Å². The van der Waals surface area contributed by atoms with E-state index in [1.807, 2.05) is 6.92 Å². The number of phenols is 2. The Balaban J connectivity index is 0.0000102. The van der Waals surface area contributed by atoms with Crippen LogP contribution in [0.5, 0.6) is 11.5 Å². The maximum atomic E-state index is 12.0. The van der Waals surface area contributed by atoms with Gasteiger partial charge < -0.3 is 10.2 Å². The molecule has 7 heteroatoms. The number of phenolic OH excluding ortho intramolecular Hbond substituents is 2. The molecule has 0 saturated carbocycles. The van der Waals surface area contributed by atoms with Crippen LogP contribution in [0, 0.1) is 0 Å². The Labute approximate surface area is 225 Å². The Kier molecular flexibility index (Phi) is 18.8.